The van der Waals surface area contributed by atoms with E-state index in [-0.39, 0.29) is 0 Å². The van der Waals surface area contributed by atoms with Gasteiger partial charge in [-0.3, -0.25) is 4.90 Å². The Morgan fingerprint density at radius 1 is 1.05 bits per heavy atom. The molecule has 0 aromatic rings. The maximum atomic E-state index is 5.98. The third-order valence-corrected chi connectivity index (χ3v) is 4.87. The lowest BCUT2D eigenvalue weighted by Gasteiger charge is -2.41. The number of hydrogen-bond donors (Lipinski definition) is 0. The van der Waals surface area contributed by atoms with Crippen molar-refractivity contribution in [2.45, 2.75) is 38.8 Å². The van der Waals surface area contributed by atoms with Gasteiger partial charge in [-0.05, 0) is 33.0 Å². The first-order valence-electron chi connectivity index (χ1n) is 7.99. The van der Waals surface area contributed by atoms with Gasteiger partial charge < -0.3 is 14.5 Å². The Hall–Kier alpha value is -0.160. The lowest BCUT2D eigenvalue weighted by atomic mass is 9.88. The Kier molecular flexibility index (Phi) is 6.07. The lowest BCUT2D eigenvalue weighted by molar-refractivity contribution is -0.0515. The van der Waals surface area contributed by atoms with Crippen molar-refractivity contribution in [1.82, 2.24) is 14.7 Å². The summed E-state index contributed by atoms with van der Waals surface area (Å²) in [7, 11) is 2.22. The first-order chi connectivity index (χ1) is 9.22. The highest BCUT2D eigenvalue weighted by atomic mass is 16.5. The van der Waals surface area contributed by atoms with Crippen molar-refractivity contribution in [3.05, 3.63) is 0 Å². The second kappa shape index (κ2) is 7.58. The van der Waals surface area contributed by atoms with E-state index < -0.39 is 0 Å². The number of piperazine rings is 1. The second-order valence-electron chi connectivity index (χ2n) is 5.97. The number of rotatable bonds is 7. The molecule has 1 saturated carbocycles. The van der Waals surface area contributed by atoms with Gasteiger partial charge in [0.25, 0.3) is 0 Å². The summed E-state index contributed by atoms with van der Waals surface area (Å²) in [4.78, 5) is 7.50. The van der Waals surface area contributed by atoms with Gasteiger partial charge in [0.15, 0.2) is 0 Å². The van der Waals surface area contributed by atoms with Crippen molar-refractivity contribution in [1.29, 1.82) is 0 Å². The molecule has 1 aliphatic carbocycles. The highest BCUT2D eigenvalue weighted by Gasteiger charge is 2.32. The van der Waals surface area contributed by atoms with Crippen LogP contribution in [-0.2, 0) is 4.74 Å². The van der Waals surface area contributed by atoms with E-state index in [4.69, 9.17) is 4.74 Å². The lowest BCUT2D eigenvalue weighted by Crippen LogP contribution is -2.48. The quantitative estimate of drug-likeness (QED) is 0.689. The number of ether oxygens (including phenoxy) is 1. The molecule has 4 nitrogen and oxygen atoms in total. The van der Waals surface area contributed by atoms with E-state index in [2.05, 4.69) is 35.6 Å². The smallest absolute Gasteiger partial charge is 0.0605 e. The van der Waals surface area contributed by atoms with Crippen LogP contribution < -0.4 is 0 Å². The van der Waals surface area contributed by atoms with Gasteiger partial charge in [0.05, 0.1) is 12.7 Å². The molecule has 2 fully saturated rings. The third kappa shape index (κ3) is 4.42. The molecular formula is C15H31N3O. The maximum Gasteiger partial charge on any atom is 0.0605 e. The summed E-state index contributed by atoms with van der Waals surface area (Å²) in [6.45, 7) is 13.7. The molecule has 112 valence electrons. The monoisotopic (exact) mass is 269 g/mol. The molecule has 4 heteroatoms. The fraction of sp³-hybridized carbons (Fsp3) is 1.00. The minimum absolute atomic E-state index is 0.524. The summed E-state index contributed by atoms with van der Waals surface area (Å²) in [6.07, 6.45) is 2.98. The van der Waals surface area contributed by atoms with Crippen molar-refractivity contribution in [3.8, 4) is 0 Å². The number of hydrogen-bond acceptors (Lipinski definition) is 4. The first kappa shape index (κ1) is 15.2. The van der Waals surface area contributed by atoms with Crippen LogP contribution in [-0.4, -0.2) is 86.3 Å². The van der Waals surface area contributed by atoms with Crippen LogP contribution in [0.1, 0.15) is 26.7 Å². The number of likely N-dealkylation sites (N-methyl/N-ethyl adjacent to an activating group) is 1. The molecule has 1 aliphatic heterocycles. The number of nitrogens with zero attached hydrogens (tertiary/aromatic N) is 3. The van der Waals surface area contributed by atoms with Gasteiger partial charge in [-0.1, -0.05) is 13.8 Å². The zero-order chi connectivity index (χ0) is 13.7. The molecule has 0 unspecified atom stereocenters. The van der Waals surface area contributed by atoms with Gasteiger partial charge in [-0.25, -0.2) is 0 Å². The van der Waals surface area contributed by atoms with Crippen LogP contribution in [0, 0.1) is 0 Å². The second-order valence-corrected chi connectivity index (χ2v) is 5.97. The van der Waals surface area contributed by atoms with E-state index in [0.29, 0.717) is 6.10 Å². The average molecular weight is 269 g/mol. The van der Waals surface area contributed by atoms with E-state index in [1.165, 1.54) is 45.6 Å². The van der Waals surface area contributed by atoms with Gasteiger partial charge in [0.2, 0.25) is 0 Å². The Labute approximate surface area is 118 Å². The average Bonchev–Trinajstić information content (AvgIpc) is 2.41. The van der Waals surface area contributed by atoms with E-state index in [0.717, 1.165) is 25.7 Å². The van der Waals surface area contributed by atoms with Crippen molar-refractivity contribution < 1.29 is 4.74 Å². The van der Waals surface area contributed by atoms with Crippen molar-refractivity contribution >= 4 is 0 Å². The van der Waals surface area contributed by atoms with Gasteiger partial charge in [-0.15, -0.1) is 0 Å². The van der Waals surface area contributed by atoms with Gasteiger partial charge in [0.1, 0.15) is 0 Å². The van der Waals surface area contributed by atoms with Crippen LogP contribution in [0.4, 0.5) is 0 Å². The molecule has 0 aromatic carbocycles. The summed E-state index contributed by atoms with van der Waals surface area (Å²) in [5.74, 6) is 0. The third-order valence-electron chi connectivity index (χ3n) is 4.87. The summed E-state index contributed by atoms with van der Waals surface area (Å²) in [6, 6.07) is 0.767. The summed E-state index contributed by atoms with van der Waals surface area (Å²) in [5, 5.41) is 0. The van der Waals surface area contributed by atoms with E-state index in [1.54, 1.807) is 0 Å². The van der Waals surface area contributed by atoms with Gasteiger partial charge in [-0.2, -0.15) is 0 Å². The topological polar surface area (TPSA) is 19.0 Å². The van der Waals surface area contributed by atoms with Crippen LogP contribution in [0.3, 0.4) is 0 Å². The maximum absolute atomic E-state index is 5.98. The Balaban J connectivity index is 1.50. The van der Waals surface area contributed by atoms with Crippen LogP contribution >= 0.6 is 0 Å². The minimum atomic E-state index is 0.524. The van der Waals surface area contributed by atoms with Gasteiger partial charge >= 0.3 is 0 Å². The summed E-state index contributed by atoms with van der Waals surface area (Å²) < 4.78 is 5.98. The van der Waals surface area contributed by atoms with Crippen molar-refractivity contribution in [2.75, 3.05) is 59.5 Å². The molecule has 19 heavy (non-hydrogen) atoms. The molecule has 0 amide bonds. The Morgan fingerprint density at radius 2 is 1.68 bits per heavy atom. The molecule has 1 saturated heterocycles. The van der Waals surface area contributed by atoms with Crippen LogP contribution in [0.25, 0.3) is 0 Å². The van der Waals surface area contributed by atoms with Crippen LogP contribution in [0.15, 0.2) is 0 Å². The summed E-state index contributed by atoms with van der Waals surface area (Å²) in [5.41, 5.74) is 0. The molecule has 0 radical (unpaired) electrons. The highest BCUT2D eigenvalue weighted by Crippen LogP contribution is 2.27. The Morgan fingerprint density at radius 3 is 2.26 bits per heavy atom. The SMILES string of the molecule is CCN1CCN(CCOC2CC(N(C)CC)C2)CC1. The summed E-state index contributed by atoms with van der Waals surface area (Å²) >= 11 is 0. The standard InChI is InChI=1S/C15H31N3O/c1-4-16(3)14-12-15(13-14)19-11-10-18-8-6-17(5-2)7-9-18/h14-15H,4-13H2,1-3H3. The molecule has 0 aromatic heterocycles. The molecule has 0 atom stereocenters. The van der Waals surface area contributed by atoms with Crippen LogP contribution in [0.2, 0.25) is 0 Å². The fourth-order valence-corrected chi connectivity index (χ4v) is 2.97. The molecule has 1 heterocycles. The minimum Gasteiger partial charge on any atom is -0.377 e. The van der Waals surface area contributed by atoms with E-state index in [1.807, 2.05) is 0 Å². The molecule has 2 aliphatic rings. The Bertz CT molecular complexity index is 248. The van der Waals surface area contributed by atoms with Crippen molar-refractivity contribution in [2.24, 2.45) is 0 Å². The first-order valence-corrected chi connectivity index (χ1v) is 7.99. The predicted molar refractivity (Wildman–Crippen MR) is 79.6 cm³/mol. The van der Waals surface area contributed by atoms with Crippen LogP contribution in [0.5, 0.6) is 0 Å². The predicted octanol–water partition coefficient (Wildman–Crippen LogP) is 1.12. The fourth-order valence-electron chi connectivity index (χ4n) is 2.97. The molecule has 2 rings (SSSR count). The molecule has 0 bridgehead atoms. The molecule has 0 spiro atoms. The van der Waals surface area contributed by atoms with Crippen molar-refractivity contribution in [3.63, 3.8) is 0 Å². The van der Waals surface area contributed by atoms with Gasteiger partial charge in [0, 0.05) is 38.8 Å². The normalized spacial score (nSPS) is 29.7. The largest absolute Gasteiger partial charge is 0.377 e. The molecule has 0 N–H and O–H groups in total. The zero-order valence-electron chi connectivity index (χ0n) is 13.0. The van der Waals surface area contributed by atoms with E-state index >= 15 is 0 Å². The zero-order valence-corrected chi connectivity index (χ0v) is 13.0. The van der Waals surface area contributed by atoms with E-state index in [9.17, 15) is 0 Å². The highest BCUT2D eigenvalue weighted by molar-refractivity contribution is 4.86. The molecular weight excluding hydrogens is 238 g/mol.